The predicted octanol–water partition coefficient (Wildman–Crippen LogP) is 5.58. The van der Waals surface area contributed by atoms with Gasteiger partial charge in [-0.15, -0.1) is 0 Å². The van der Waals surface area contributed by atoms with Gasteiger partial charge in [-0.05, 0) is 51.9 Å². The quantitative estimate of drug-likeness (QED) is 0.239. The van der Waals surface area contributed by atoms with Crippen LogP contribution in [0.5, 0.6) is 0 Å². The first-order chi connectivity index (χ1) is 11.3. The molecule has 0 unspecified atom stereocenters. The monoisotopic (exact) mass is 358 g/mol. The third-order valence-electron chi connectivity index (χ3n) is 4.25. The maximum Gasteiger partial charge on any atom is 0.396 e. The minimum atomic E-state index is -1.54. The van der Waals surface area contributed by atoms with E-state index in [2.05, 4.69) is 20.8 Å². The lowest BCUT2D eigenvalue weighted by molar-refractivity contribution is -0.131. The van der Waals surface area contributed by atoms with E-state index in [1.165, 1.54) is 24.0 Å². The van der Waals surface area contributed by atoms with Gasteiger partial charge in [0.1, 0.15) is 5.76 Å². The van der Waals surface area contributed by atoms with Crippen LogP contribution in [0.1, 0.15) is 66.7 Å². The molecule has 0 aliphatic heterocycles. The van der Waals surface area contributed by atoms with Crippen LogP contribution in [0.25, 0.3) is 0 Å². The summed E-state index contributed by atoms with van der Waals surface area (Å²) in [7, 11) is -1.54. The molecule has 1 rings (SSSR count). The number of rotatable bonds is 10. The summed E-state index contributed by atoms with van der Waals surface area (Å²) >= 11 is 0. The smallest absolute Gasteiger partial charge is 0.396 e. The molecule has 0 aromatic rings. The van der Waals surface area contributed by atoms with Crippen molar-refractivity contribution in [2.24, 2.45) is 5.41 Å². The first-order valence-corrected chi connectivity index (χ1v) is 9.76. The van der Waals surface area contributed by atoms with E-state index in [9.17, 15) is 4.79 Å². The Hall–Kier alpha value is -0.900. The van der Waals surface area contributed by atoms with E-state index in [1.54, 1.807) is 0 Å². The zero-order valence-corrected chi connectivity index (χ0v) is 16.4. The molecule has 0 saturated heterocycles. The number of allylic oxidation sites excluding steroid dienone is 3. The summed E-state index contributed by atoms with van der Waals surface area (Å²) in [4.78, 5) is 11.1. The SMILES string of the molecule is CCOP(OCC)OC(=CC(=O)O)CCC1=C(C)CCCC1(C)C. The predicted molar refractivity (Wildman–Crippen MR) is 96.5 cm³/mol. The summed E-state index contributed by atoms with van der Waals surface area (Å²) < 4.78 is 16.6. The average Bonchev–Trinajstić information content (AvgIpc) is 2.45. The highest BCUT2D eigenvalue weighted by Gasteiger charge is 2.28. The largest absolute Gasteiger partial charge is 0.478 e. The van der Waals surface area contributed by atoms with Gasteiger partial charge < -0.3 is 18.7 Å². The molecule has 0 aromatic heterocycles. The Balaban J connectivity index is 2.81. The minimum absolute atomic E-state index is 0.168. The van der Waals surface area contributed by atoms with E-state index in [4.69, 9.17) is 18.7 Å². The molecule has 1 N–H and O–H groups in total. The Morgan fingerprint density at radius 3 is 2.42 bits per heavy atom. The second-order valence-corrected chi connectivity index (χ2v) is 7.74. The molecule has 1 aliphatic carbocycles. The lowest BCUT2D eigenvalue weighted by Gasteiger charge is -2.35. The van der Waals surface area contributed by atoms with Crippen molar-refractivity contribution in [3.05, 3.63) is 23.0 Å². The van der Waals surface area contributed by atoms with Crippen molar-refractivity contribution >= 4 is 14.6 Å². The van der Waals surface area contributed by atoms with Crippen LogP contribution in [0.15, 0.2) is 23.0 Å². The van der Waals surface area contributed by atoms with Crippen LogP contribution < -0.4 is 0 Å². The number of carboxylic acids is 1. The van der Waals surface area contributed by atoms with Gasteiger partial charge >= 0.3 is 14.6 Å². The van der Waals surface area contributed by atoms with E-state index < -0.39 is 14.6 Å². The number of carbonyl (C=O) groups is 1. The Morgan fingerprint density at radius 2 is 1.92 bits per heavy atom. The zero-order valence-electron chi connectivity index (χ0n) is 15.6. The van der Waals surface area contributed by atoms with Crippen LogP contribution in [0.2, 0.25) is 0 Å². The maximum absolute atomic E-state index is 11.1. The van der Waals surface area contributed by atoms with Crippen LogP contribution in [0.3, 0.4) is 0 Å². The van der Waals surface area contributed by atoms with Crippen molar-refractivity contribution in [1.29, 1.82) is 0 Å². The highest BCUT2D eigenvalue weighted by atomic mass is 31.2. The molecule has 5 nitrogen and oxygen atoms in total. The van der Waals surface area contributed by atoms with Crippen LogP contribution in [-0.2, 0) is 18.4 Å². The van der Waals surface area contributed by atoms with Gasteiger partial charge in [-0.2, -0.15) is 0 Å². The summed E-state index contributed by atoms with van der Waals surface area (Å²) in [5.74, 6) is -0.598. The van der Waals surface area contributed by atoms with Crippen LogP contribution in [0.4, 0.5) is 0 Å². The van der Waals surface area contributed by atoms with Crippen molar-refractivity contribution in [1.82, 2.24) is 0 Å². The van der Waals surface area contributed by atoms with E-state index >= 15 is 0 Å². The fraction of sp³-hybridized carbons (Fsp3) is 0.722. The second-order valence-electron chi connectivity index (χ2n) is 6.60. The Bertz CT molecular complexity index is 476. The molecular weight excluding hydrogens is 327 g/mol. The van der Waals surface area contributed by atoms with E-state index in [0.717, 1.165) is 18.9 Å². The van der Waals surface area contributed by atoms with Gasteiger partial charge in [0.05, 0.1) is 19.3 Å². The molecule has 0 amide bonds. The third-order valence-corrected chi connectivity index (χ3v) is 5.57. The molecule has 24 heavy (non-hydrogen) atoms. The van der Waals surface area contributed by atoms with E-state index in [1.807, 2.05) is 13.8 Å². The van der Waals surface area contributed by atoms with Gasteiger partial charge in [0.2, 0.25) is 0 Å². The van der Waals surface area contributed by atoms with Gasteiger partial charge in [0, 0.05) is 6.42 Å². The molecular formula is C18H31O5P. The van der Waals surface area contributed by atoms with Crippen molar-refractivity contribution in [2.75, 3.05) is 13.2 Å². The van der Waals surface area contributed by atoms with Crippen molar-refractivity contribution in [3.8, 4) is 0 Å². The highest BCUT2D eigenvalue weighted by Crippen LogP contribution is 2.45. The number of carboxylic acid groups (broad SMARTS) is 1. The Morgan fingerprint density at radius 1 is 1.29 bits per heavy atom. The number of hydrogen-bond acceptors (Lipinski definition) is 4. The molecule has 0 aromatic carbocycles. The van der Waals surface area contributed by atoms with Gasteiger partial charge in [-0.1, -0.05) is 25.0 Å². The van der Waals surface area contributed by atoms with Crippen LogP contribution in [-0.4, -0.2) is 24.3 Å². The summed E-state index contributed by atoms with van der Waals surface area (Å²) in [6, 6.07) is 0. The second kappa shape index (κ2) is 10.2. The van der Waals surface area contributed by atoms with E-state index in [-0.39, 0.29) is 5.41 Å². The van der Waals surface area contributed by atoms with Crippen molar-refractivity contribution < 1.29 is 23.5 Å². The molecule has 0 atom stereocenters. The lowest BCUT2D eigenvalue weighted by Crippen LogP contribution is -2.20. The maximum atomic E-state index is 11.1. The molecule has 138 valence electrons. The molecule has 0 heterocycles. The topological polar surface area (TPSA) is 65.0 Å². The van der Waals surface area contributed by atoms with Crippen LogP contribution >= 0.6 is 8.60 Å². The fourth-order valence-electron chi connectivity index (χ4n) is 3.15. The fourth-order valence-corrected chi connectivity index (χ4v) is 4.09. The Labute approximate surface area is 147 Å². The van der Waals surface area contributed by atoms with E-state index in [0.29, 0.717) is 25.4 Å². The molecule has 0 spiro atoms. The average molecular weight is 358 g/mol. The normalized spacial score (nSPS) is 18.2. The molecule has 1 aliphatic rings. The molecule has 0 bridgehead atoms. The minimum Gasteiger partial charge on any atom is -0.478 e. The first-order valence-electron chi connectivity index (χ1n) is 8.66. The van der Waals surface area contributed by atoms with Crippen molar-refractivity contribution in [2.45, 2.75) is 66.7 Å². The summed E-state index contributed by atoms with van der Waals surface area (Å²) in [6.07, 6.45) is 5.99. The Kier molecular flexibility index (Phi) is 8.96. The summed E-state index contributed by atoms with van der Waals surface area (Å²) in [6.45, 7) is 11.4. The van der Waals surface area contributed by atoms with Gasteiger partial charge in [0.15, 0.2) is 0 Å². The molecule has 0 radical (unpaired) electrons. The molecule has 0 saturated carbocycles. The van der Waals surface area contributed by atoms with Crippen molar-refractivity contribution in [3.63, 3.8) is 0 Å². The third kappa shape index (κ3) is 6.92. The first kappa shape index (κ1) is 21.1. The molecule has 6 heteroatoms. The standard InChI is InChI=1S/C18H31O5P/c1-6-21-24(22-7-2)23-15(13-17(19)20)10-11-16-14(3)9-8-12-18(16,4)5/h13H,6-12H2,1-5H3,(H,19,20). The lowest BCUT2D eigenvalue weighted by atomic mass is 9.71. The van der Waals surface area contributed by atoms with Gasteiger partial charge in [-0.25, -0.2) is 4.79 Å². The number of hydrogen-bond donors (Lipinski definition) is 1. The summed E-state index contributed by atoms with van der Waals surface area (Å²) in [5, 5.41) is 9.11. The van der Waals surface area contributed by atoms with Gasteiger partial charge in [0.25, 0.3) is 0 Å². The zero-order chi connectivity index (χ0) is 18.2. The van der Waals surface area contributed by atoms with Gasteiger partial charge in [-0.3, -0.25) is 0 Å². The summed E-state index contributed by atoms with van der Waals surface area (Å²) in [5.41, 5.74) is 3.02. The highest BCUT2D eigenvalue weighted by molar-refractivity contribution is 7.41. The molecule has 0 fully saturated rings. The number of aliphatic carboxylic acids is 1. The van der Waals surface area contributed by atoms with Crippen LogP contribution in [0, 0.1) is 5.41 Å².